The Balaban J connectivity index is 1.42. The summed E-state index contributed by atoms with van der Waals surface area (Å²) in [5, 5.41) is 18.7. The molecule has 3 heterocycles. The summed E-state index contributed by atoms with van der Waals surface area (Å²) in [5.41, 5.74) is 2.10. The van der Waals surface area contributed by atoms with Crippen LogP contribution in [0.4, 0.5) is 5.69 Å². The Bertz CT molecular complexity index is 1310. The van der Waals surface area contributed by atoms with Crippen molar-refractivity contribution < 1.29 is 19.4 Å². The summed E-state index contributed by atoms with van der Waals surface area (Å²) < 4.78 is 8.55. The predicted octanol–water partition coefficient (Wildman–Crippen LogP) is 3.82. The van der Waals surface area contributed by atoms with Crippen molar-refractivity contribution in [2.24, 2.45) is 5.92 Å². The summed E-state index contributed by atoms with van der Waals surface area (Å²) in [6.07, 6.45) is 3.83. The summed E-state index contributed by atoms with van der Waals surface area (Å²) in [5.74, 6) is -0.546. The number of amides is 1. The van der Waals surface area contributed by atoms with E-state index in [0.717, 1.165) is 16.8 Å². The first-order valence-corrected chi connectivity index (χ1v) is 16.2. The summed E-state index contributed by atoms with van der Waals surface area (Å²) in [6, 6.07) is 17.6. The molecule has 0 saturated carbocycles. The van der Waals surface area contributed by atoms with Gasteiger partial charge in [-0.25, -0.2) is 0 Å². The molecule has 5 atom stereocenters. The third kappa shape index (κ3) is 4.33. The van der Waals surface area contributed by atoms with E-state index in [1.54, 1.807) is 15.7 Å². The van der Waals surface area contributed by atoms with E-state index in [9.17, 15) is 14.7 Å². The van der Waals surface area contributed by atoms with Crippen LogP contribution in [0.25, 0.3) is 0 Å². The van der Waals surface area contributed by atoms with Gasteiger partial charge in [0.25, 0.3) is 5.91 Å². The van der Waals surface area contributed by atoms with E-state index >= 15 is 0 Å². The van der Waals surface area contributed by atoms with Crippen LogP contribution in [0.5, 0.6) is 0 Å². The largest absolute Gasteiger partial charge is 0.432 e. The van der Waals surface area contributed by atoms with E-state index in [4.69, 9.17) is 4.74 Å². The molecule has 1 amide bonds. The van der Waals surface area contributed by atoms with Crippen LogP contribution in [-0.4, -0.2) is 58.4 Å². The average molecular weight is 533 g/mol. The first kappa shape index (κ1) is 26.5. The zero-order chi connectivity index (χ0) is 27.1. The predicted molar refractivity (Wildman–Crippen MR) is 148 cm³/mol. The molecule has 0 bridgehead atoms. The lowest BCUT2D eigenvalue weighted by Crippen LogP contribution is -2.46. The number of hydrogen-bond acceptors (Lipinski definition) is 6. The number of aromatic nitrogens is 3. The second kappa shape index (κ2) is 10.2. The zero-order valence-electron chi connectivity index (χ0n) is 22.2. The van der Waals surface area contributed by atoms with Crippen LogP contribution in [0.3, 0.4) is 0 Å². The minimum atomic E-state index is -2.73. The van der Waals surface area contributed by atoms with Crippen molar-refractivity contribution in [1.82, 2.24) is 15.0 Å². The van der Waals surface area contributed by atoms with Gasteiger partial charge in [0.05, 0.1) is 30.0 Å². The van der Waals surface area contributed by atoms with Crippen molar-refractivity contribution in [3.8, 4) is 0 Å². The second-order valence-electron chi connectivity index (χ2n) is 10.9. The quantitative estimate of drug-likeness (QED) is 0.321. The van der Waals surface area contributed by atoms with Gasteiger partial charge in [0.2, 0.25) is 0 Å². The number of rotatable bonds is 9. The highest BCUT2D eigenvalue weighted by Gasteiger charge is 2.65. The molecule has 1 unspecified atom stereocenters. The van der Waals surface area contributed by atoms with E-state index in [1.807, 2.05) is 80.8 Å². The van der Waals surface area contributed by atoms with E-state index < -0.39 is 13.9 Å². The van der Waals surface area contributed by atoms with Crippen LogP contribution < -0.4 is 4.90 Å². The number of fused-ring (bicyclic) bond motifs is 2. The third-order valence-electron chi connectivity index (χ3n) is 8.14. The fourth-order valence-electron chi connectivity index (χ4n) is 6.51. The second-order valence-corrected chi connectivity index (χ2v) is 14.9. The minimum absolute atomic E-state index is 0.0659. The Morgan fingerprint density at radius 2 is 1.89 bits per heavy atom. The van der Waals surface area contributed by atoms with Crippen LogP contribution >= 0.6 is 0 Å². The maximum Gasteiger partial charge on any atom is 0.264 e. The van der Waals surface area contributed by atoms with Crippen molar-refractivity contribution in [3.63, 3.8) is 0 Å². The molecule has 2 N–H and O–H groups in total. The monoisotopic (exact) mass is 532 g/mol. The zero-order valence-corrected chi connectivity index (χ0v) is 23.2. The molecule has 5 rings (SSSR count). The van der Waals surface area contributed by atoms with Crippen LogP contribution in [0.1, 0.15) is 36.1 Å². The van der Waals surface area contributed by atoms with Gasteiger partial charge in [-0.2, -0.15) is 0 Å². The summed E-state index contributed by atoms with van der Waals surface area (Å²) in [4.78, 5) is 27.1. The number of hydrogen-bond donors (Lipinski definition) is 2. The van der Waals surface area contributed by atoms with Gasteiger partial charge < -0.3 is 19.5 Å². The van der Waals surface area contributed by atoms with Gasteiger partial charge in [0.1, 0.15) is 0 Å². The summed E-state index contributed by atoms with van der Waals surface area (Å²) in [7, 11) is -2.73. The molecular weight excluding hydrogens is 496 g/mol. The standard InChI is InChI=1S/C29H36N4O4Si/c1-5-16-33-25-14-10-9-13-23(25)29(28(33)35)20(2)27(38(3,4)36)26(37-29)15-17-32-18-24(30-31-32)22(19-34)21-11-7-6-8-12-21/h5-14,18,20,22,26-27,34,36H,1,15-17,19H2,2-4H3/t20-,22?,26+,27-,29+/m0/s1. The lowest BCUT2D eigenvalue weighted by molar-refractivity contribution is -0.145. The molecular formula is C29H36N4O4Si. The Kier molecular flexibility index (Phi) is 7.12. The van der Waals surface area contributed by atoms with Crippen LogP contribution in [0.2, 0.25) is 18.6 Å². The lowest BCUT2D eigenvalue weighted by atomic mass is 9.82. The number of carbonyl (C=O) groups is 1. The Hall–Kier alpha value is -3.11. The van der Waals surface area contributed by atoms with Crippen molar-refractivity contribution in [1.29, 1.82) is 0 Å². The Morgan fingerprint density at radius 1 is 1.18 bits per heavy atom. The molecule has 2 aliphatic rings. The van der Waals surface area contributed by atoms with Crippen molar-refractivity contribution >= 4 is 19.9 Å². The van der Waals surface area contributed by atoms with Gasteiger partial charge >= 0.3 is 0 Å². The smallest absolute Gasteiger partial charge is 0.264 e. The number of benzene rings is 2. The number of aryl methyl sites for hydroxylation is 1. The molecule has 200 valence electrons. The first-order valence-electron chi connectivity index (χ1n) is 13.2. The third-order valence-corrected chi connectivity index (χ3v) is 10.6. The molecule has 38 heavy (non-hydrogen) atoms. The molecule has 1 spiro atoms. The molecule has 1 fully saturated rings. The van der Waals surface area contributed by atoms with Gasteiger partial charge in [-0.15, -0.1) is 11.7 Å². The first-order chi connectivity index (χ1) is 18.2. The number of aliphatic hydroxyl groups is 1. The van der Waals surface area contributed by atoms with Gasteiger partial charge in [0.15, 0.2) is 13.9 Å². The fraction of sp³-hybridized carbons (Fsp3) is 0.414. The maximum absolute atomic E-state index is 14.0. The summed E-state index contributed by atoms with van der Waals surface area (Å²) >= 11 is 0. The molecule has 3 aromatic rings. The summed E-state index contributed by atoms with van der Waals surface area (Å²) in [6.45, 7) is 10.6. The van der Waals surface area contributed by atoms with Crippen molar-refractivity contribution in [3.05, 3.63) is 90.3 Å². The molecule has 1 aromatic heterocycles. The number of ether oxygens (including phenoxy) is 1. The highest BCUT2D eigenvalue weighted by molar-refractivity contribution is 6.71. The number of para-hydroxylation sites is 1. The van der Waals surface area contributed by atoms with Gasteiger partial charge in [-0.1, -0.05) is 66.7 Å². The number of aliphatic hydroxyl groups excluding tert-OH is 1. The molecule has 0 radical (unpaired) electrons. The molecule has 2 aliphatic heterocycles. The fourth-order valence-corrected chi connectivity index (χ4v) is 9.11. The number of carbonyl (C=O) groups excluding carboxylic acids is 1. The molecule has 8 nitrogen and oxygen atoms in total. The lowest BCUT2D eigenvalue weighted by Gasteiger charge is -2.32. The average Bonchev–Trinajstić information content (AvgIpc) is 3.55. The van der Waals surface area contributed by atoms with E-state index in [2.05, 4.69) is 16.9 Å². The van der Waals surface area contributed by atoms with E-state index in [-0.39, 0.29) is 36.0 Å². The highest BCUT2D eigenvalue weighted by Crippen LogP contribution is 2.59. The molecule has 2 aromatic carbocycles. The SMILES string of the molecule is C=CCN1C(=O)[C@]2(O[C@H](CCn3cc(C(CO)c4ccccc4)nn3)[C@@H]([Si](C)(C)O)[C@@H]2C)c2ccccc21. The van der Waals surface area contributed by atoms with E-state index in [1.165, 1.54) is 0 Å². The number of nitrogens with zero attached hydrogens (tertiary/aromatic N) is 4. The van der Waals surface area contributed by atoms with E-state index in [0.29, 0.717) is 25.2 Å². The van der Waals surface area contributed by atoms with Gasteiger partial charge in [-0.05, 0) is 31.1 Å². The van der Waals surface area contributed by atoms with Crippen molar-refractivity contribution in [2.45, 2.75) is 56.1 Å². The van der Waals surface area contributed by atoms with Crippen LogP contribution in [0.15, 0.2) is 73.4 Å². The van der Waals surface area contributed by atoms with Crippen LogP contribution in [0, 0.1) is 5.92 Å². The Morgan fingerprint density at radius 3 is 2.58 bits per heavy atom. The van der Waals surface area contributed by atoms with Gasteiger partial charge in [0, 0.05) is 36.3 Å². The van der Waals surface area contributed by atoms with Crippen molar-refractivity contribution in [2.75, 3.05) is 18.1 Å². The highest BCUT2D eigenvalue weighted by atomic mass is 28.4. The van der Waals surface area contributed by atoms with Gasteiger partial charge in [-0.3, -0.25) is 9.48 Å². The Labute approximate surface area is 224 Å². The topological polar surface area (TPSA) is 101 Å². The van der Waals surface area contributed by atoms with Crippen LogP contribution in [-0.2, 0) is 21.7 Å². The minimum Gasteiger partial charge on any atom is -0.432 e. The normalized spacial score (nSPS) is 25.7. The molecule has 0 aliphatic carbocycles. The molecule has 1 saturated heterocycles. The molecule has 9 heteroatoms. The number of anilines is 1. The maximum atomic E-state index is 14.0.